The van der Waals surface area contributed by atoms with Crippen molar-refractivity contribution in [3.63, 3.8) is 0 Å². The van der Waals surface area contributed by atoms with E-state index >= 15 is 0 Å². The van der Waals surface area contributed by atoms with Crippen LogP contribution in [0.5, 0.6) is 0 Å². The Morgan fingerprint density at radius 3 is 2.69 bits per heavy atom. The first-order valence-corrected chi connectivity index (χ1v) is 5.67. The number of hydrogen-bond acceptors (Lipinski definition) is 2. The highest BCUT2D eigenvalue weighted by atomic mass is 32.2. The van der Waals surface area contributed by atoms with Crippen molar-refractivity contribution in [2.45, 2.75) is 29.5 Å². The van der Waals surface area contributed by atoms with Crippen molar-refractivity contribution in [1.29, 1.82) is 0 Å². The maximum absolute atomic E-state index is 3.47. The van der Waals surface area contributed by atoms with E-state index in [0.717, 1.165) is 11.8 Å². The number of rotatable bonds is 2. The number of thioether (sulfide) groups is 1. The fraction of sp³-hybridized carbons (Fsp3) is 0.455. The molecule has 0 radical (unpaired) electrons. The highest BCUT2D eigenvalue weighted by Gasteiger charge is 2.20. The van der Waals surface area contributed by atoms with E-state index in [2.05, 4.69) is 42.6 Å². The van der Waals surface area contributed by atoms with E-state index in [-0.39, 0.29) is 0 Å². The van der Waals surface area contributed by atoms with Gasteiger partial charge in [0.2, 0.25) is 0 Å². The molecule has 1 fully saturated rings. The second kappa shape index (κ2) is 4.16. The second-order valence-electron chi connectivity index (χ2n) is 3.60. The Bertz CT molecular complexity index is 260. The summed E-state index contributed by atoms with van der Waals surface area (Å²) >= 11 is 1.99. The maximum atomic E-state index is 3.47. The van der Waals surface area contributed by atoms with Gasteiger partial charge in [0.15, 0.2) is 0 Å². The summed E-state index contributed by atoms with van der Waals surface area (Å²) in [5.41, 5.74) is 0. The van der Waals surface area contributed by atoms with Gasteiger partial charge in [0, 0.05) is 22.7 Å². The maximum Gasteiger partial charge on any atom is 0.0234 e. The lowest BCUT2D eigenvalue weighted by atomic mass is 10.2. The molecule has 0 saturated carbocycles. The van der Waals surface area contributed by atoms with Crippen LogP contribution in [0.3, 0.4) is 0 Å². The van der Waals surface area contributed by atoms with E-state index in [4.69, 9.17) is 0 Å². The van der Waals surface area contributed by atoms with Gasteiger partial charge in [-0.1, -0.05) is 18.2 Å². The second-order valence-corrected chi connectivity index (χ2v) is 4.97. The van der Waals surface area contributed by atoms with Crippen molar-refractivity contribution in [3.05, 3.63) is 30.3 Å². The molecule has 0 amide bonds. The van der Waals surface area contributed by atoms with Crippen molar-refractivity contribution in [3.8, 4) is 0 Å². The Balaban J connectivity index is 1.92. The molecule has 2 atom stereocenters. The van der Waals surface area contributed by atoms with Crippen LogP contribution in [-0.2, 0) is 0 Å². The summed E-state index contributed by atoms with van der Waals surface area (Å²) in [5, 5.41) is 4.23. The molecule has 1 aliphatic heterocycles. The quantitative estimate of drug-likeness (QED) is 0.774. The molecular weight excluding hydrogens is 178 g/mol. The van der Waals surface area contributed by atoms with Crippen LogP contribution in [0.2, 0.25) is 0 Å². The Morgan fingerprint density at radius 1 is 1.31 bits per heavy atom. The minimum Gasteiger partial charge on any atom is -0.313 e. The molecule has 1 unspecified atom stereocenters. The van der Waals surface area contributed by atoms with E-state index < -0.39 is 0 Å². The Kier molecular flexibility index (Phi) is 2.91. The van der Waals surface area contributed by atoms with Crippen LogP contribution >= 0.6 is 11.8 Å². The SMILES string of the molecule is CC1C[C@H](Sc2ccccc2)CN1. The molecule has 0 spiro atoms. The molecule has 1 heterocycles. The molecule has 0 aliphatic carbocycles. The number of benzene rings is 1. The van der Waals surface area contributed by atoms with Crippen LogP contribution in [0.1, 0.15) is 13.3 Å². The highest BCUT2D eigenvalue weighted by Crippen LogP contribution is 2.28. The monoisotopic (exact) mass is 193 g/mol. The molecule has 1 aromatic carbocycles. The summed E-state index contributed by atoms with van der Waals surface area (Å²) in [6.45, 7) is 3.41. The molecular formula is C11H15NS. The third kappa shape index (κ3) is 2.48. The van der Waals surface area contributed by atoms with E-state index in [1.54, 1.807) is 0 Å². The molecule has 2 rings (SSSR count). The van der Waals surface area contributed by atoms with E-state index in [1.165, 1.54) is 11.3 Å². The molecule has 1 N–H and O–H groups in total. The summed E-state index contributed by atoms with van der Waals surface area (Å²) in [6.07, 6.45) is 1.29. The Hall–Kier alpha value is -0.470. The predicted octanol–water partition coefficient (Wildman–Crippen LogP) is 2.53. The minimum absolute atomic E-state index is 0.696. The van der Waals surface area contributed by atoms with Gasteiger partial charge in [0.1, 0.15) is 0 Å². The molecule has 0 bridgehead atoms. The van der Waals surface area contributed by atoms with Gasteiger partial charge in [-0.25, -0.2) is 0 Å². The zero-order valence-electron chi connectivity index (χ0n) is 7.86. The Labute approximate surface area is 83.9 Å². The number of hydrogen-bond donors (Lipinski definition) is 1. The molecule has 0 aromatic heterocycles. The van der Waals surface area contributed by atoms with Gasteiger partial charge in [-0.05, 0) is 25.5 Å². The van der Waals surface area contributed by atoms with Crippen molar-refractivity contribution in [1.82, 2.24) is 5.32 Å². The van der Waals surface area contributed by atoms with Crippen LogP contribution < -0.4 is 5.32 Å². The van der Waals surface area contributed by atoms with Crippen LogP contribution in [0.25, 0.3) is 0 Å². The molecule has 1 aliphatic rings. The average Bonchev–Trinajstić information content (AvgIpc) is 2.53. The summed E-state index contributed by atoms with van der Waals surface area (Å²) in [5.74, 6) is 0. The van der Waals surface area contributed by atoms with Crippen molar-refractivity contribution in [2.75, 3.05) is 6.54 Å². The van der Waals surface area contributed by atoms with Gasteiger partial charge < -0.3 is 5.32 Å². The highest BCUT2D eigenvalue weighted by molar-refractivity contribution is 8.00. The normalized spacial score (nSPS) is 27.8. The fourth-order valence-corrected chi connectivity index (χ4v) is 2.94. The van der Waals surface area contributed by atoms with Gasteiger partial charge in [-0.2, -0.15) is 0 Å². The average molecular weight is 193 g/mol. The van der Waals surface area contributed by atoms with E-state index in [9.17, 15) is 0 Å². The zero-order chi connectivity index (χ0) is 9.10. The first-order valence-electron chi connectivity index (χ1n) is 4.79. The van der Waals surface area contributed by atoms with Gasteiger partial charge in [-0.15, -0.1) is 11.8 Å². The molecule has 1 aromatic rings. The molecule has 1 nitrogen and oxygen atoms in total. The summed E-state index contributed by atoms with van der Waals surface area (Å²) in [4.78, 5) is 1.39. The molecule has 2 heteroatoms. The lowest BCUT2D eigenvalue weighted by Gasteiger charge is -2.07. The molecule has 13 heavy (non-hydrogen) atoms. The summed E-state index contributed by atoms with van der Waals surface area (Å²) in [6, 6.07) is 11.4. The lowest BCUT2D eigenvalue weighted by Crippen LogP contribution is -2.16. The van der Waals surface area contributed by atoms with Crippen molar-refractivity contribution < 1.29 is 0 Å². The van der Waals surface area contributed by atoms with E-state index in [0.29, 0.717) is 6.04 Å². The first kappa shape index (κ1) is 9.10. The standard InChI is InChI=1S/C11H15NS/c1-9-7-11(8-12-9)13-10-5-3-2-4-6-10/h2-6,9,11-12H,7-8H2,1H3/t9?,11-/m0/s1. The fourth-order valence-electron chi connectivity index (χ4n) is 1.67. The van der Waals surface area contributed by atoms with Crippen LogP contribution in [0, 0.1) is 0 Å². The van der Waals surface area contributed by atoms with Crippen LogP contribution in [-0.4, -0.2) is 17.8 Å². The van der Waals surface area contributed by atoms with Gasteiger partial charge in [-0.3, -0.25) is 0 Å². The number of nitrogens with one attached hydrogen (secondary N) is 1. The molecule has 70 valence electrons. The lowest BCUT2D eigenvalue weighted by molar-refractivity contribution is 0.665. The van der Waals surface area contributed by atoms with Crippen LogP contribution in [0.15, 0.2) is 35.2 Å². The molecule has 1 saturated heterocycles. The van der Waals surface area contributed by atoms with Gasteiger partial charge in [0.25, 0.3) is 0 Å². The Morgan fingerprint density at radius 2 is 2.08 bits per heavy atom. The summed E-state index contributed by atoms with van der Waals surface area (Å²) < 4.78 is 0. The summed E-state index contributed by atoms with van der Waals surface area (Å²) in [7, 11) is 0. The van der Waals surface area contributed by atoms with Crippen molar-refractivity contribution in [2.24, 2.45) is 0 Å². The largest absolute Gasteiger partial charge is 0.313 e. The van der Waals surface area contributed by atoms with E-state index in [1.807, 2.05) is 11.8 Å². The van der Waals surface area contributed by atoms with Crippen molar-refractivity contribution >= 4 is 11.8 Å². The van der Waals surface area contributed by atoms with Gasteiger partial charge >= 0.3 is 0 Å². The third-order valence-corrected chi connectivity index (χ3v) is 3.59. The van der Waals surface area contributed by atoms with Crippen LogP contribution in [0.4, 0.5) is 0 Å². The zero-order valence-corrected chi connectivity index (χ0v) is 8.68. The minimum atomic E-state index is 0.696. The smallest absolute Gasteiger partial charge is 0.0234 e. The third-order valence-electron chi connectivity index (χ3n) is 2.36. The topological polar surface area (TPSA) is 12.0 Å². The predicted molar refractivity (Wildman–Crippen MR) is 58.2 cm³/mol. The first-order chi connectivity index (χ1) is 6.34. The van der Waals surface area contributed by atoms with Gasteiger partial charge in [0.05, 0.1) is 0 Å².